The van der Waals surface area contributed by atoms with Gasteiger partial charge in [-0.2, -0.15) is 0 Å². The van der Waals surface area contributed by atoms with Crippen LogP contribution in [0.3, 0.4) is 0 Å². The predicted molar refractivity (Wildman–Crippen MR) is 86.0 cm³/mol. The molecule has 1 N–H and O–H groups in total. The minimum absolute atomic E-state index is 0.276. The van der Waals surface area contributed by atoms with Crippen molar-refractivity contribution in [2.45, 2.75) is 0 Å². The van der Waals surface area contributed by atoms with Gasteiger partial charge in [0.05, 0.1) is 32.7 Å². The molecule has 7 nitrogen and oxygen atoms in total. The molecule has 0 aliphatic carbocycles. The highest BCUT2D eigenvalue weighted by atomic mass is 16.5. The summed E-state index contributed by atoms with van der Waals surface area (Å²) in [6, 6.07) is 7.10. The lowest BCUT2D eigenvalue weighted by Gasteiger charge is -2.27. The van der Waals surface area contributed by atoms with Crippen LogP contribution in [0.25, 0.3) is 0 Å². The number of carbonyl (C=O) groups is 1. The van der Waals surface area contributed by atoms with Crippen LogP contribution < -0.4 is 15.0 Å². The number of hydrogen-bond acceptors (Lipinski definition) is 6. The van der Waals surface area contributed by atoms with E-state index < -0.39 is 0 Å². The van der Waals surface area contributed by atoms with Crippen LogP contribution in [0.4, 0.5) is 11.5 Å². The number of methoxy groups -OCH3 is 1. The maximum absolute atomic E-state index is 12.2. The number of rotatable bonds is 4. The van der Waals surface area contributed by atoms with Gasteiger partial charge in [0.15, 0.2) is 0 Å². The first-order chi connectivity index (χ1) is 11.3. The van der Waals surface area contributed by atoms with Gasteiger partial charge in [0.25, 0.3) is 5.91 Å². The third-order valence-electron chi connectivity index (χ3n) is 3.55. The normalized spacial score (nSPS) is 14.4. The summed E-state index contributed by atoms with van der Waals surface area (Å²) in [4.78, 5) is 22.8. The van der Waals surface area contributed by atoms with Crippen molar-refractivity contribution in [1.29, 1.82) is 0 Å². The molecule has 2 aromatic rings. The van der Waals surface area contributed by atoms with Crippen LogP contribution in [0.1, 0.15) is 10.5 Å². The molecule has 0 unspecified atom stereocenters. The SMILES string of the molecule is COc1ccc(NC(=O)c2cnc(N3CCOCC3)cn2)cc1. The molecule has 1 fully saturated rings. The van der Waals surface area contributed by atoms with Gasteiger partial charge in [0, 0.05) is 18.8 Å². The Bertz CT molecular complexity index is 652. The molecule has 1 aliphatic heterocycles. The molecule has 1 aromatic carbocycles. The molecule has 0 saturated carbocycles. The summed E-state index contributed by atoms with van der Waals surface area (Å²) in [5.41, 5.74) is 0.952. The molecule has 7 heteroatoms. The lowest BCUT2D eigenvalue weighted by Crippen LogP contribution is -2.36. The molecule has 0 atom stereocenters. The number of benzene rings is 1. The summed E-state index contributed by atoms with van der Waals surface area (Å²) in [6.07, 6.45) is 3.11. The third kappa shape index (κ3) is 3.75. The van der Waals surface area contributed by atoms with Crippen molar-refractivity contribution in [1.82, 2.24) is 9.97 Å². The molecule has 120 valence electrons. The van der Waals surface area contributed by atoms with Crippen LogP contribution in [0.2, 0.25) is 0 Å². The minimum Gasteiger partial charge on any atom is -0.497 e. The fourth-order valence-electron chi connectivity index (χ4n) is 2.26. The summed E-state index contributed by atoms with van der Waals surface area (Å²) < 4.78 is 10.4. The molecular weight excluding hydrogens is 296 g/mol. The van der Waals surface area contributed by atoms with E-state index in [-0.39, 0.29) is 11.6 Å². The smallest absolute Gasteiger partial charge is 0.275 e. The zero-order valence-electron chi connectivity index (χ0n) is 12.9. The van der Waals surface area contributed by atoms with Gasteiger partial charge in [-0.15, -0.1) is 0 Å². The van der Waals surface area contributed by atoms with E-state index in [1.54, 1.807) is 37.6 Å². The molecule has 1 aliphatic rings. The average molecular weight is 314 g/mol. The second kappa shape index (κ2) is 7.06. The van der Waals surface area contributed by atoms with Crippen LogP contribution in [0.15, 0.2) is 36.7 Å². The van der Waals surface area contributed by atoms with E-state index in [4.69, 9.17) is 9.47 Å². The summed E-state index contributed by atoms with van der Waals surface area (Å²) in [5, 5.41) is 2.78. The number of hydrogen-bond donors (Lipinski definition) is 1. The van der Waals surface area contributed by atoms with Crippen molar-refractivity contribution in [2.75, 3.05) is 43.6 Å². The van der Waals surface area contributed by atoms with E-state index in [2.05, 4.69) is 20.2 Å². The Morgan fingerprint density at radius 2 is 1.91 bits per heavy atom. The topological polar surface area (TPSA) is 76.6 Å². The Morgan fingerprint density at radius 1 is 1.17 bits per heavy atom. The monoisotopic (exact) mass is 314 g/mol. The quantitative estimate of drug-likeness (QED) is 0.923. The van der Waals surface area contributed by atoms with Crippen LogP contribution in [-0.4, -0.2) is 49.3 Å². The molecule has 0 spiro atoms. The van der Waals surface area contributed by atoms with E-state index in [0.29, 0.717) is 18.9 Å². The van der Waals surface area contributed by atoms with Gasteiger partial charge in [-0.3, -0.25) is 4.79 Å². The number of aromatic nitrogens is 2. The Labute approximate surface area is 134 Å². The highest BCUT2D eigenvalue weighted by molar-refractivity contribution is 6.02. The Morgan fingerprint density at radius 3 is 2.52 bits per heavy atom. The molecule has 0 bridgehead atoms. The van der Waals surface area contributed by atoms with Crippen LogP contribution in [-0.2, 0) is 4.74 Å². The molecule has 1 amide bonds. The van der Waals surface area contributed by atoms with Gasteiger partial charge < -0.3 is 19.7 Å². The number of carbonyl (C=O) groups excluding carboxylic acids is 1. The predicted octanol–water partition coefficient (Wildman–Crippen LogP) is 1.57. The van der Waals surface area contributed by atoms with Crippen molar-refractivity contribution in [2.24, 2.45) is 0 Å². The lowest BCUT2D eigenvalue weighted by atomic mass is 10.3. The van der Waals surface area contributed by atoms with Gasteiger partial charge in [-0.25, -0.2) is 9.97 Å². The zero-order valence-corrected chi connectivity index (χ0v) is 12.9. The zero-order chi connectivity index (χ0) is 16.1. The average Bonchev–Trinajstić information content (AvgIpc) is 2.63. The Balaban J connectivity index is 1.64. The highest BCUT2D eigenvalue weighted by Gasteiger charge is 2.14. The van der Waals surface area contributed by atoms with Gasteiger partial charge in [-0.05, 0) is 24.3 Å². The van der Waals surface area contributed by atoms with Gasteiger partial charge in [-0.1, -0.05) is 0 Å². The Hall–Kier alpha value is -2.67. The number of nitrogens with zero attached hydrogens (tertiary/aromatic N) is 3. The first-order valence-corrected chi connectivity index (χ1v) is 7.36. The molecular formula is C16H18N4O3. The standard InChI is InChI=1S/C16H18N4O3/c1-22-13-4-2-12(3-5-13)19-16(21)14-10-18-15(11-17-14)20-6-8-23-9-7-20/h2-5,10-11H,6-9H2,1H3,(H,19,21). The molecule has 1 aromatic heterocycles. The van der Waals surface area contributed by atoms with E-state index >= 15 is 0 Å². The molecule has 2 heterocycles. The molecule has 3 rings (SSSR count). The second-order valence-corrected chi connectivity index (χ2v) is 5.04. The lowest BCUT2D eigenvalue weighted by molar-refractivity contribution is 0.102. The minimum atomic E-state index is -0.295. The van der Waals surface area contributed by atoms with Crippen LogP contribution in [0.5, 0.6) is 5.75 Å². The van der Waals surface area contributed by atoms with Crippen molar-refractivity contribution in [3.63, 3.8) is 0 Å². The third-order valence-corrected chi connectivity index (χ3v) is 3.55. The first kappa shape index (κ1) is 15.2. The number of anilines is 2. The Kier molecular flexibility index (Phi) is 4.68. The summed E-state index contributed by atoms with van der Waals surface area (Å²) in [5.74, 6) is 1.20. The van der Waals surface area contributed by atoms with E-state index in [1.807, 2.05) is 0 Å². The number of ether oxygens (including phenoxy) is 2. The van der Waals surface area contributed by atoms with Gasteiger partial charge in [0.1, 0.15) is 17.3 Å². The van der Waals surface area contributed by atoms with Gasteiger partial charge in [0.2, 0.25) is 0 Å². The largest absolute Gasteiger partial charge is 0.497 e. The summed E-state index contributed by atoms with van der Waals surface area (Å²) in [7, 11) is 1.60. The summed E-state index contributed by atoms with van der Waals surface area (Å²) >= 11 is 0. The fraction of sp³-hybridized carbons (Fsp3) is 0.312. The number of amides is 1. The molecule has 23 heavy (non-hydrogen) atoms. The summed E-state index contributed by atoms with van der Waals surface area (Å²) in [6.45, 7) is 2.93. The van der Waals surface area contributed by atoms with Crippen LogP contribution in [0, 0.1) is 0 Å². The van der Waals surface area contributed by atoms with Crippen molar-refractivity contribution < 1.29 is 14.3 Å². The van der Waals surface area contributed by atoms with E-state index in [1.165, 1.54) is 6.20 Å². The molecule has 0 radical (unpaired) electrons. The van der Waals surface area contributed by atoms with Crippen molar-refractivity contribution in [3.05, 3.63) is 42.4 Å². The second-order valence-electron chi connectivity index (χ2n) is 5.04. The van der Waals surface area contributed by atoms with Gasteiger partial charge >= 0.3 is 0 Å². The van der Waals surface area contributed by atoms with E-state index in [9.17, 15) is 4.79 Å². The maximum atomic E-state index is 12.2. The highest BCUT2D eigenvalue weighted by Crippen LogP contribution is 2.16. The van der Waals surface area contributed by atoms with Crippen LogP contribution >= 0.6 is 0 Å². The van der Waals surface area contributed by atoms with E-state index in [0.717, 1.165) is 24.7 Å². The van der Waals surface area contributed by atoms with Crippen molar-refractivity contribution >= 4 is 17.4 Å². The number of morpholine rings is 1. The molecule has 1 saturated heterocycles. The van der Waals surface area contributed by atoms with Crippen molar-refractivity contribution in [3.8, 4) is 5.75 Å². The fourth-order valence-corrected chi connectivity index (χ4v) is 2.26. The number of nitrogens with one attached hydrogen (secondary N) is 1. The maximum Gasteiger partial charge on any atom is 0.275 e. The first-order valence-electron chi connectivity index (χ1n) is 7.36.